The predicted octanol–water partition coefficient (Wildman–Crippen LogP) is 3.86. The molecule has 1 fully saturated rings. The van der Waals surface area contributed by atoms with Gasteiger partial charge in [-0.3, -0.25) is 9.89 Å². The minimum absolute atomic E-state index is 0.0669. The molecule has 0 spiro atoms. The molecule has 0 unspecified atom stereocenters. The van der Waals surface area contributed by atoms with Crippen molar-refractivity contribution in [3.8, 4) is 5.75 Å². The second-order valence-corrected chi connectivity index (χ2v) is 7.15. The number of likely N-dealkylation sites (tertiary alicyclic amines) is 1. The molecule has 1 aliphatic rings. The number of carbonyl (C=O) groups excluding carboxylic acids is 1. The lowest BCUT2D eigenvalue weighted by Crippen LogP contribution is -2.38. The van der Waals surface area contributed by atoms with Crippen molar-refractivity contribution >= 4 is 5.91 Å². The molecule has 26 heavy (non-hydrogen) atoms. The summed E-state index contributed by atoms with van der Waals surface area (Å²) in [6.07, 6.45) is 6.41. The second kappa shape index (κ2) is 8.88. The molecule has 1 amide bonds. The molecule has 0 aliphatic carbocycles. The number of H-pyrrole nitrogens is 1. The van der Waals surface area contributed by atoms with Crippen LogP contribution in [-0.4, -0.2) is 41.2 Å². The van der Waals surface area contributed by atoms with Crippen molar-refractivity contribution in [2.45, 2.75) is 45.4 Å². The molecule has 1 saturated heterocycles. The van der Waals surface area contributed by atoms with Gasteiger partial charge in [-0.1, -0.05) is 25.5 Å². The lowest BCUT2D eigenvalue weighted by molar-refractivity contribution is 0.0681. The number of amides is 1. The molecule has 0 atom stereocenters. The highest BCUT2D eigenvalue weighted by molar-refractivity contribution is 5.92. The normalized spacial score (nSPS) is 15.2. The van der Waals surface area contributed by atoms with E-state index in [1.54, 1.807) is 7.11 Å². The Bertz CT molecular complexity index is 700. The number of hydrogen-bond acceptors (Lipinski definition) is 3. The van der Waals surface area contributed by atoms with Gasteiger partial charge in [-0.15, -0.1) is 0 Å². The highest BCUT2D eigenvalue weighted by Gasteiger charge is 2.24. The molecule has 1 aromatic heterocycles. The zero-order chi connectivity index (χ0) is 18.4. The van der Waals surface area contributed by atoms with Crippen LogP contribution in [-0.2, 0) is 12.8 Å². The van der Waals surface area contributed by atoms with Crippen molar-refractivity contribution in [2.75, 3.05) is 20.2 Å². The van der Waals surface area contributed by atoms with Gasteiger partial charge in [0.2, 0.25) is 0 Å². The summed E-state index contributed by atoms with van der Waals surface area (Å²) >= 11 is 0. The number of hydrogen-bond donors (Lipinski definition) is 1. The van der Waals surface area contributed by atoms with Crippen molar-refractivity contribution < 1.29 is 9.53 Å². The summed E-state index contributed by atoms with van der Waals surface area (Å²) in [5, 5.41) is 7.17. The first-order valence-corrected chi connectivity index (χ1v) is 9.66. The lowest BCUT2D eigenvalue weighted by Gasteiger charge is -2.31. The van der Waals surface area contributed by atoms with Gasteiger partial charge in [-0.2, -0.15) is 5.10 Å². The number of piperidine rings is 1. The minimum Gasteiger partial charge on any atom is -0.497 e. The minimum atomic E-state index is 0.0669. The fraction of sp³-hybridized carbons (Fsp3) is 0.524. The number of carbonyl (C=O) groups is 1. The third-order valence-electron chi connectivity index (χ3n) is 5.27. The standard InChI is InChI=1S/C21H29N3O2/c1-3-4-18-15-20(23-22-18)21(25)24-13-11-17(12-14-24)6-5-16-7-9-19(26-2)10-8-16/h7-10,15,17H,3-6,11-14H2,1-2H3,(H,22,23). The summed E-state index contributed by atoms with van der Waals surface area (Å²) in [6, 6.07) is 10.2. The molecule has 140 valence electrons. The number of nitrogens with zero attached hydrogens (tertiary/aromatic N) is 2. The zero-order valence-corrected chi connectivity index (χ0v) is 15.8. The second-order valence-electron chi connectivity index (χ2n) is 7.15. The fourth-order valence-electron chi connectivity index (χ4n) is 3.62. The van der Waals surface area contributed by atoms with E-state index in [0.29, 0.717) is 11.6 Å². The van der Waals surface area contributed by atoms with Crippen molar-refractivity contribution in [3.05, 3.63) is 47.3 Å². The van der Waals surface area contributed by atoms with Crippen LogP contribution in [0.15, 0.2) is 30.3 Å². The lowest BCUT2D eigenvalue weighted by atomic mass is 9.90. The Morgan fingerprint density at radius 1 is 1.23 bits per heavy atom. The number of aromatic amines is 1. The summed E-state index contributed by atoms with van der Waals surface area (Å²) in [7, 11) is 1.69. The first kappa shape index (κ1) is 18.5. The van der Waals surface area contributed by atoms with Crippen LogP contribution in [0, 0.1) is 5.92 Å². The van der Waals surface area contributed by atoms with E-state index in [0.717, 1.165) is 56.6 Å². The summed E-state index contributed by atoms with van der Waals surface area (Å²) in [5.74, 6) is 1.66. The Kier molecular flexibility index (Phi) is 6.31. The molecule has 1 aliphatic heterocycles. The van der Waals surface area contributed by atoms with Crippen molar-refractivity contribution in [2.24, 2.45) is 5.92 Å². The zero-order valence-electron chi connectivity index (χ0n) is 15.8. The molecule has 2 heterocycles. The van der Waals surface area contributed by atoms with Gasteiger partial charge in [0.15, 0.2) is 0 Å². The molecule has 1 aromatic carbocycles. The maximum atomic E-state index is 12.6. The molecule has 0 saturated carbocycles. The summed E-state index contributed by atoms with van der Waals surface area (Å²) in [6.45, 7) is 3.79. The number of methoxy groups -OCH3 is 1. The van der Waals surface area contributed by atoms with E-state index in [-0.39, 0.29) is 5.91 Å². The third kappa shape index (κ3) is 4.65. The maximum absolute atomic E-state index is 12.6. The van der Waals surface area contributed by atoms with Crippen LogP contribution in [0.1, 0.15) is 54.4 Å². The van der Waals surface area contributed by atoms with Gasteiger partial charge in [0.05, 0.1) is 7.11 Å². The van der Waals surface area contributed by atoms with Crippen LogP contribution in [0.25, 0.3) is 0 Å². The van der Waals surface area contributed by atoms with Gasteiger partial charge in [0.25, 0.3) is 5.91 Å². The van der Waals surface area contributed by atoms with Crippen LogP contribution in [0.4, 0.5) is 0 Å². The number of aryl methyl sites for hydroxylation is 2. The Hall–Kier alpha value is -2.30. The van der Waals surface area contributed by atoms with Gasteiger partial charge in [0, 0.05) is 18.8 Å². The van der Waals surface area contributed by atoms with E-state index in [2.05, 4.69) is 29.3 Å². The first-order valence-electron chi connectivity index (χ1n) is 9.66. The number of rotatable bonds is 7. The SMILES string of the molecule is CCCc1cc(C(=O)N2CCC(CCc3ccc(OC)cc3)CC2)n[nH]1. The van der Waals surface area contributed by atoms with Gasteiger partial charge in [-0.25, -0.2) is 0 Å². The molecule has 0 bridgehead atoms. The molecular formula is C21H29N3O2. The number of nitrogens with one attached hydrogen (secondary N) is 1. The molecule has 3 rings (SSSR count). The quantitative estimate of drug-likeness (QED) is 0.820. The van der Waals surface area contributed by atoms with Crippen LogP contribution >= 0.6 is 0 Å². The molecule has 2 aromatic rings. The first-order chi connectivity index (χ1) is 12.7. The summed E-state index contributed by atoms with van der Waals surface area (Å²) < 4.78 is 5.20. The largest absolute Gasteiger partial charge is 0.497 e. The number of aromatic nitrogens is 2. The Balaban J connectivity index is 1.45. The number of ether oxygens (including phenoxy) is 1. The topological polar surface area (TPSA) is 58.2 Å². The molecular weight excluding hydrogens is 326 g/mol. The van der Waals surface area contributed by atoms with E-state index in [4.69, 9.17) is 4.74 Å². The summed E-state index contributed by atoms with van der Waals surface area (Å²) in [5.41, 5.74) is 2.96. The van der Waals surface area contributed by atoms with Gasteiger partial charge >= 0.3 is 0 Å². The van der Waals surface area contributed by atoms with E-state index in [1.165, 1.54) is 12.0 Å². The fourth-order valence-corrected chi connectivity index (χ4v) is 3.62. The van der Waals surface area contributed by atoms with Crippen molar-refractivity contribution in [1.82, 2.24) is 15.1 Å². The van der Waals surface area contributed by atoms with E-state index in [9.17, 15) is 4.79 Å². The maximum Gasteiger partial charge on any atom is 0.274 e. The average molecular weight is 355 g/mol. The molecule has 5 heteroatoms. The Morgan fingerprint density at radius 3 is 2.62 bits per heavy atom. The number of benzene rings is 1. The van der Waals surface area contributed by atoms with Crippen LogP contribution in [0.5, 0.6) is 5.75 Å². The smallest absolute Gasteiger partial charge is 0.274 e. The van der Waals surface area contributed by atoms with Crippen LogP contribution in [0.3, 0.4) is 0 Å². The van der Waals surface area contributed by atoms with Crippen LogP contribution < -0.4 is 4.74 Å². The monoisotopic (exact) mass is 355 g/mol. The van der Waals surface area contributed by atoms with E-state index in [1.807, 2.05) is 23.1 Å². The van der Waals surface area contributed by atoms with Gasteiger partial charge in [-0.05, 0) is 61.8 Å². The van der Waals surface area contributed by atoms with Crippen molar-refractivity contribution in [3.63, 3.8) is 0 Å². The van der Waals surface area contributed by atoms with Crippen molar-refractivity contribution in [1.29, 1.82) is 0 Å². The van der Waals surface area contributed by atoms with E-state index >= 15 is 0 Å². The predicted molar refractivity (Wildman–Crippen MR) is 103 cm³/mol. The summed E-state index contributed by atoms with van der Waals surface area (Å²) in [4.78, 5) is 14.5. The molecule has 5 nitrogen and oxygen atoms in total. The highest BCUT2D eigenvalue weighted by atomic mass is 16.5. The molecule has 0 radical (unpaired) electrons. The van der Waals surface area contributed by atoms with Crippen LogP contribution in [0.2, 0.25) is 0 Å². The van der Waals surface area contributed by atoms with Gasteiger partial charge < -0.3 is 9.64 Å². The van der Waals surface area contributed by atoms with Gasteiger partial charge in [0.1, 0.15) is 11.4 Å². The Labute approximate surface area is 155 Å². The highest BCUT2D eigenvalue weighted by Crippen LogP contribution is 2.24. The average Bonchev–Trinajstić information content (AvgIpc) is 3.15. The molecule has 1 N–H and O–H groups in total. The third-order valence-corrected chi connectivity index (χ3v) is 5.27. The van der Waals surface area contributed by atoms with E-state index < -0.39 is 0 Å². The Morgan fingerprint density at radius 2 is 1.96 bits per heavy atom.